The van der Waals surface area contributed by atoms with Gasteiger partial charge in [-0.2, -0.15) is 0 Å². The van der Waals surface area contributed by atoms with Crippen molar-refractivity contribution in [1.29, 1.82) is 0 Å². The van der Waals surface area contributed by atoms with Gasteiger partial charge in [-0.05, 0) is 51.4 Å². The molecule has 2 aliphatic heterocycles. The van der Waals surface area contributed by atoms with E-state index in [2.05, 4.69) is 16.7 Å². The summed E-state index contributed by atoms with van der Waals surface area (Å²) >= 11 is 0. The van der Waals surface area contributed by atoms with Crippen molar-refractivity contribution in [1.82, 2.24) is 9.80 Å². The van der Waals surface area contributed by atoms with Crippen LogP contribution in [0.15, 0.2) is 0 Å². The van der Waals surface area contributed by atoms with Gasteiger partial charge in [-0.15, -0.1) is 0 Å². The molecule has 2 rings (SSSR count). The standard InChI is InChI=1S/C12H25N3/c1-2-14-6-3-4-12(10-14)15-7-5-11(8-13)9-15/h11-12H,2-10,13H2,1H3. The van der Waals surface area contributed by atoms with Gasteiger partial charge in [0, 0.05) is 19.1 Å². The molecule has 0 bridgehead atoms. The zero-order chi connectivity index (χ0) is 10.7. The SMILES string of the molecule is CCN1CCCC(N2CCC(CN)C2)C1. The third-order valence-corrected chi connectivity index (χ3v) is 4.09. The number of piperidine rings is 1. The van der Waals surface area contributed by atoms with Gasteiger partial charge in [0.25, 0.3) is 0 Å². The lowest BCUT2D eigenvalue weighted by molar-refractivity contribution is 0.116. The number of hydrogen-bond acceptors (Lipinski definition) is 3. The molecule has 0 saturated carbocycles. The van der Waals surface area contributed by atoms with Crippen LogP contribution in [-0.4, -0.2) is 55.1 Å². The highest BCUT2D eigenvalue weighted by molar-refractivity contribution is 4.86. The average Bonchev–Trinajstić information content (AvgIpc) is 2.78. The number of hydrogen-bond donors (Lipinski definition) is 1. The van der Waals surface area contributed by atoms with Gasteiger partial charge in [-0.25, -0.2) is 0 Å². The number of likely N-dealkylation sites (N-methyl/N-ethyl adjacent to an activating group) is 1. The molecule has 2 aliphatic rings. The maximum atomic E-state index is 5.74. The number of rotatable bonds is 3. The summed E-state index contributed by atoms with van der Waals surface area (Å²) in [6, 6.07) is 0.815. The summed E-state index contributed by atoms with van der Waals surface area (Å²) in [5, 5.41) is 0. The van der Waals surface area contributed by atoms with Crippen LogP contribution in [0.1, 0.15) is 26.2 Å². The van der Waals surface area contributed by atoms with E-state index in [-0.39, 0.29) is 0 Å². The third-order valence-electron chi connectivity index (χ3n) is 4.09. The van der Waals surface area contributed by atoms with E-state index < -0.39 is 0 Å². The molecule has 0 aliphatic carbocycles. The highest BCUT2D eigenvalue weighted by atomic mass is 15.2. The van der Waals surface area contributed by atoms with Crippen LogP contribution in [0.5, 0.6) is 0 Å². The molecule has 0 aromatic rings. The van der Waals surface area contributed by atoms with Crippen molar-refractivity contribution in [3.63, 3.8) is 0 Å². The van der Waals surface area contributed by atoms with Gasteiger partial charge in [0.15, 0.2) is 0 Å². The van der Waals surface area contributed by atoms with Crippen molar-refractivity contribution in [3.05, 3.63) is 0 Å². The monoisotopic (exact) mass is 211 g/mol. The van der Waals surface area contributed by atoms with Gasteiger partial charge in [0.1, 0.15) is 0 Å². The normalized spacial score (nSPS) is 34.8. The summed E-state index contributed by atoms with van der Waals surface area (Å²) in [5.74, 6) is 0.766. The van der Waals surface area contributed by atoms with Crippen LogP contribution in [0.2, 0.25) is 0 Å². The maximum absolute atomic E-state index is 5.74. The lowest BCUT2D eigenvalue weighted by Gasteiger charge is -2.37. The van der Waals surface area contributed by atoms with Crippen molar-refractivity contribution in [2.45, 2.75) is 32.2 Å². The molecule has 0 radical (unpaired) electrons. The van der Waals surface area contributed by atoms with E-state index in [1.807, 2.05) is 0 Å². The molecule has 2 saturated heterocycles. The summed E-state index contributed by atoms with van der Waals surface area (Å²) in [6.45, 7) is 9.48. The largest absolute Gasteiger partial charge is 0.330 e. The smallest absolute Gasteiger partial charge is 0.0223 e. The first-order valence-electron chi connectivity index (χ1n) is 6.50. The van der Waals surface area contributed by atoms with Crippen molar-refractivity contribution in [2.24, 2.45) is 11.7 Å². The fourth-order valence-electron chi connectivity index (χ4n) is 3.00. The molecule has 3 nitrogen and oxygen atoms in total. The van der Waals surface area contributed by atoms with Crippen molar-refractivity contribution in [3.8, 4) is 0 Å². The lowest BCUT2D eigenvalue weighted by atomic mass is 10.0. The molecule has 2 atom stereocenters. The molecule has 0 amide bonds. The molecule has 2 heterocycles. The Hall–Kier alpha value is -0.120. The Labute approximate surface area is 93.6 Å². The highest BCUT2D eigenvalue weighted by Gasteiger charge is 2.29. The minimum atomic E-state index is 0.766. The first-order valence-corrected chi connectivity index (χ1v) is 6.50. The minimum absolute atomic E-state index is 0.766. The van der Waals surface area contributed by atoms with Crippen molar-refractivity contribution >= 4 is 0 Å². The Kier molecular flexibility index (Phi) is 4.00. The molecule has 2 unspecified atom stereocenters. The van der Waals surface area contributed by atoms with Crippen LogP contribution in [0.4, 0.5) is 0 Å². The first kappa shape index (κ1) is 11.4. The fraction of sp³-hybridized carbons (Fsp3) is 1.00. The van der Waals surface area contributed by atoms with Gasteiger partial charge in [-0.1, -0.05) is 6.92 Å². The number of likely N-dealkylation sites (tertiary alicyclic amines) is 2. The summed E-state index contributed by atoms with van der Waals surface area (Å²) in [6.07, 6.45) is 4.09. The van der Waals surface area contributed by atoms with Crippen LogP contribution in [0.3, 0.4) is 0 Å². The first-order chi connectivity index (χ1) is 7.33. The second-order valence-electron chi connectivity index (χ2n) is 5.07. The fourth-order valence-corrected chi connectivity index (χ4v) is 3.00. The van der Waals surface area contributed by atoms with Gasteiger partial charge < -0.3 is 10.6 Å². The number of nitrogens with zero attached hydrogens (tertiary/aromatic N) is 2. The molecular weight excluding hydrogens is 186 g/mol. The van der Waals surface area contributed by atoms with Crippen molar-refractivity contribution in [2.75, 3.05) is 39.3 Å². The zero-order valence-electron chi connectivity index (χ0n) is 9.99. The highest BCUT2D eigenvalue weighted by Crippen LogP contribution is 2.22. The minimum Gasteiger partial charge on any atom is -0.330 e. The predicted octanol–water partition coefficient (Wildman–Crippen LogP) is 0.751. The molecule has 2 N–H and O–H groups in total. The van der Waals surface area contributed by atoms with E-state index in [9.17, 15) is 0 Å². The Morgan fingerprint density at radius 1 is 1.20 bits per heavy atom. The van der Waals surface area contributed by atoms with Gasteiger partial charge in [-0.3, -0.25) is 4.90 Å². The second kappa shape index (κ2) is 5.28. The molecule has 2 fully saturated rings. The van der Waals surface area contributed by atoms with Gasteiger partial charge in [0.2, 0.25) is 0 Å². The van der Waals surface area contributed by atoms with Crippen LogP contribution >= 0.6 is 0 Å². The second-order valence-corrected chi connectivity index (χ2v) is 5.07. The lowest BCUT2D eigenvalue weighted by Crippen LogP contribution is -2.47. The van der Waals surface area contributed by atoms with Crippen molar-refractivity contribution < 1.29 is 0 Å². The van der Waals surface area contributed by atoms with E-state index in [1.165, 1.54) is 52.0 Å². The number of nitrogens with two attached hydrogens (primary N) is 1. The molecule has 0 spiro atoms. The van der Waals surface area contributed by atoms with Crippen LogP contribution in [0, 0.1) is 5.92 Å². The van der Waals surface area contributed by atoms with E-state index in [1.54, 1.807) is 0 Å². The molecule has 3 heteroatoms. The Morgan fingerprint density at radius 2 is 2.07 bits per heavy atom. The maximum Gasteiger partial charge on any atom is 0.0223 e. The van der Waals surface area contributed by atoms with E-state index in [4.69, 9.17) is 5.73 Å². The average molecular weight is 211 g/mol. The topological polar surface area (TPSA) is 32.5 Å². The quantitative estimate of drug-likeness (QED) is 0.748. The molecule has 0 aromatic heterocycles. The molecule has 0 aromatic carbocycles. The zero-order valence-corrected chi connectivity index (χ0v) is 9.99. The molecule has 15 heavy (non-hydrogen) atoms. The summed E-state index contributed by atoms with van der Waals surface area (Å²) in [5.41, 5.74) is 5.74. The summed E-state index contributed by atoms with van der Waals surface area (Å²) in [7, 11) is 0. The molecule has 88 valence electrons. The molecular formula is C12H25N3. The summed E-state index contributed by atoms with van der Waals surface area (Å²) in [4.78, 5) is 5.27. The van der Waals surface area contributed by atoms with Gasteiger partial charge >= 0.3 is 0 Å². The Morgan fingerprint density at radius 3 is 2.73 bits per heavy atom. The summed E-state index contributed by atoms with van der Waals surface area (Å²) < 4.78 is 0. The predicted molar refractivity (Wildman–Crippen MR) is 63.9 cm³/mol. The Bertz CT molecular complexity index is 195. The van der Waals surface area contributed by atoms with Gasteiger partial charge in [0.05, 0.1) is 0 Å². The van der Waals surface area contributed by atoms with Crippen LogP contribution in [0.25, 0.3) is 0 Å². The van der Waals surface area contributed by atoms with Crippen LogP contribution in [-0.2, 0) is 0 Å². The van der Waals surface area contributed by atoms with E-state index in [0.717, 1.165) is 18.5 Å². The van der Waals surface area contributed by atoms with E-state index in [0.29, 0.717) is 0 Å². The van der Waals surface area contributed by atoms with E-state index >= 15 is 0 Å². The Balaban J connectivity index is 1.83. The van der Waals surface area contributed by atoms with Crippen LogP contribution < -0.4 is 5.73 Å². The third kappa shape index (κ3) is 2.71.